The number of hydrogen-bond donors (Lipinski definition) is 2. The van der Waals surface area contributed by atoms with Gasteiger partial charge in [0.1, 0.15) is 0 Å². The molecule has 102 valence electrons. The molecule has 0 bridgehead atoms. The predicted molar refractivity (Wildman–Crippen MR) is 75.6 cm³/mol. The first-order chi connectivity index (χ1) is 9.24. The molecule has 0 aliphatic heterocycles. The van der Waals surface area contributed by atoms with Crippen molar-refractivity contribution >= 4 is 5.91 Å². The van der Waals surface area contributed by atoms with Crippen LogP contribution in [0.1, 0.15) is 49.3 Å². The van der Waals surface area contributed by atoms with E-state index in [9.17, 15) is 4.79 Å². The minimum atomic E-state index is 0.0545. The topological polar surface area (TPSA) is 55.1 Å². The van der Waals surface area contributed by atoms with Gasteiger partial charge in [0.25, 0.3) is 0 Å². The number of aryl methyl sites for hydroxylation is 1. The third kappa shape index (κ3) is 2.98. The molecule has 0 saturated heterocycles. The van der Waals surface area contributed by atoms with Crippen LogP contribution in [0.3, 0.4) is 0 Å². The van der Waals surface area contributed by atoms with Crippen molar-refractivity contribution in [1.82, 2.24) is 5.32 Å². The first-order valence-corrected chi connectivity index (χ1v) is 7.37. The van der Waals surface area contributed by atoms with Crippen molar-refractivity contribution in [2.45, 2.75) is 50.6 Å². The zero-order chi connectivity index (χ0) is 13.2. The van der Waals surface area contributed by atoms with Crippen molar-refractivity contribution in [3.05, 3.63) is 35.4 Å². The molecule has 2 aliphatic rings. The molecular weight excluding hydrogens is 236 g/mol. The van der Waals surface area contributed by atoms with E-state index < -0.39 is 0 Å². The van der Waals surface area contributed by atoms with E-state index in [2.05, 4.69) is 29.6 Å². The number of nitrogens with two attached hydrogens (primary N) is 1. The van der Waals surface area contributed by atoms with Gasteiger partial charge in [0.05, 0.1) is 6.04 Å². The maximum absolute atomic E-state index is 12.1. The van der Waals surface area contributed by atoms with Gasteiger partial charge in [-0.2, -0.15) is 0 Å². The number of amides is 1. The van der Waals surface area contributed by atoms with Gasteiger partial charge in [0, 0.05) is 12.5 Å². The van der Waals surface area contributed by atoms with E-state index in [1.54, 1.807) is 0 Å². The summed E-state index contributed by atoms with van der Waals surface area (Å²) in [5, 5.41) is 3.17. The Morgan fingerprint density at radius 1 is 1.32 bits per heavy atom. The summed E-state index contributed by atoms with van der Waals surface area (Å²) in [5.41, 5.74) is 8.69. The summed E-state index contributed by atoms with van der Waals surface area (Å²) >= 11 is 0. The largest absolute Gasteiger partial charge is 0.349 e. The molecule has 1 aromatic carbocycles. The molecule has 3 rings (SSSR count). The summed E-state index contributed by atoms with van der Waals surface area (Å²) < 4.78 is 0. The fourth-order valence-corrected chi connectivity index (χ4v) is 3.06. The van der Waals surface area contributed by atoms with Crippen LogP contribution in [0.25, 0.3) is 0 Å². The molecule has 0 aromatic heterocycles. The molecule has 2 aliphatic carbocycles. The molecule has 0 heterocycles. The van der Waals surface area contributed by atoms with Crippen LogP contribution < -0.4 is 11.1 Å². The Hall–Kier alpha value is -1.35. The Kier molecular flexibility index (Phi) is 3.56. The van der Waals surface area contributed by atoms with Crippen LogP contribution in [0, 0.1) is 5.92 Å². The minimum absolute atomic E-state index is 0.0545. The first-order valence-electron chi connectivity index (χ1n) is 7.37. The average molecular weight is 258 g/mol. The van der Waals surface area contributed by atoms with Gasteiger partial charge in [-0.05, 0) is 49.1 Å². The monoisotopic (exact) mass is 258 g/mol. The van der Waals surface area contributed by atoms with Crippen LogP contribution in [-0.4, -0.2) is 11.9 Å². The molecule has 2 unspecified atom stereocenters. The molecule has 1 aromatic rings. The van der Waals surface area contributed by atoms with Crippen molar-refractivity contribution in [1.29, 1.82) is 0 Å². The quantitative estimate of drug-likeness (QED) is 0.870. The molecule has 3 heteroatoms. The van der Waals surface area contributed by atoms with Gasteiger partial charge in [-0.25, -0.2) is 0 Å². The summed E-state index contributed by atoms with van der Waals surface area (Å²) in [6.07, 6.45) is 6.19. The molecule has 19 heavy (non-hydrogen) atoms. The van der Waals surface area contributed by atoms with Gasteiger partial charge in [-0.15, -0.1) is 0 Å². The molecule has 1 saturated carbocycles. The number of nitrogens with one attached hydrogen (secondary N) is 1. The average Bonchev–Trinajstić information content (AvgIpc) is 3.23. The van der Waals surface area contributed by atoms with Crippen LogP contribution in [0.15, 0.2) is 24.3 Å². The predicted octanol–water partition coefficient (Wildman–Crippen LogP) is 2.31. The highest BCUT2D eigenvalue weighted by atomic mass is 16.1. The summed E-state index contributed by atoms with van der Waals surface area (Å²) in [6.45, 7) is 0. The number of hydrogen-bond acceptors (Lipinski definition) is 2. The first kappa shape index (κ1) is 12.7. The Bertz CT molecular complexity index is 468. The minimum Gasteiger partial charge on any atom is -0.349 e. The van der Waals surface area contributed by atoms with Gasteiger partial charge < -0.3 is 11.1 Å². The van der Waals surface area contributed by atoms with E-state index in [4.69, 9.17) is 5.73 Å². The van der Waals surface area contributed by atoms with Crippen LogP contribution in [0.2, 0.25) is 0 Å². The second-order valence-electron chi connectivity index (χ2n) is 5.92. The van der Waals surface area contributed by atoms with Gasteiger partial charge >= 0.3 is 0 Å². The zero-order valence-electron chi connectivity index (χ0n) is 11.3. The lowest BCUT2D eigenvalue weighted by Gasteiger charge is -2.26. The van der Waals surface area contributed by atoms with Crippen LogP contribution in [0.5, 0.6) is 0 Å². The second kappa shape index (κ2) is 5.33. The lowest BCUT2D eigenvalue weighted by Crippen LogP contribution is -2.36. The van der Waals surface area contributed by atoms with Gasteiger partial charge in [0.15, 0.2) is 0 Å². The fourth-order valence-electron chi connectivity index (χ4n) is 3.06. The normalized spacial score (nSPS) is 23.5. The number of rotatable bonds is 4. The lowest BCUT2D eigenvalue weighted by molar-refractivity contribution is -0.122. The van der Waals surface area contributed by atoms with E-state index in [1.165, 1.54) is 24.0 Å². The molecule has 0 spiro atoms. The SMILES string of the molecule is NC(CC(=O)NC1CCCc2ccccc21)C1CC1. The van der Waals surface area contributed by atoms with Crippen molar-refractivity contribution in [2.75, 3.05) is 0 Å². The summed E-state index contributed by atoms with van der Waals surface area (Å²) in [6, 6.07) is 8.68. The Balaban J connectivity index is 1.62. The van der Waals surface area contributed by atoms with Crippen molar-refractivity contribution < 1.29 is 4.79 Å². The van der Waals surface area contributed by atoms with Crippen LogP contribution in [-0.2, 0) is 11.2 Å². The van der Waals surface area contributed by atoms with Gasteiger partial charge in [0.2, 0.25) is 5.91 Å². The van der Waals surface area contributed by atoms with E-state index >= 15 is 0 Å². The van der Waals surface area contributed by atoms with Crippen molar-refractivity contribution in [3.63, 3.8) is 0 Å². The molecule has 2 atom stereocenters. The molecule has 1 fully saturated rings. The summed E-state index contributed by atoms with van der Waals surface area (Å²) in [7, 11) is 0. The van der Waals surface area contributed by atoms with Crippen LogP contribution in [0.4, 0.5) is 0 Å². The summed E-state index contributed by atoms with van der Waals surface area (Å²) in [4.78, 5) is 12.1. The van der Waals surface area contributed by atoms with Crippen molar-refractivity contribution in [2.24, 2.45) is 11.7 Å². The van der Waals surface area contributed by atoms with E-state index in [0.29, 0.717) is 12.3 Å². The summed E-state index contributed by atoms with van der Waals surface area (Å²) in [5.74, 6) is 0.700. The second-order valence-corrected chi connectivity index (χ2v) is 5.92. The standard InChI is InChI=1S/C16H22N2O/c17-14(12-8-9-12)10-16(19)18-15-7-3-5-11-4-1-2-6-13(11)15/h1-2,4,6,12,14-15H,3,5,7-10,17H2,(H,18,19). The number of carbonyl (C=O) groups excluding carboxylic acids is 1. The van der Waals surface area contributed by atoms with Gasteiger partial charge in [-0.3, -0.25) is 4.79 Å². The molecule has 3 nitrogen and oxygen atoms in total. The molecule has 1 amide bonds. The number of fused-ring (bicyclic) bond motifs is 1. The highest BCUT2D eigenvalue weighted by molar-refractivity contribution is 5.77. The number of carbonyl (C=O) groups is 1. The lowest BCUT2D eigenvalue weighted by atomic mass is 9.87. The van der Waals surface area contributed by atoms with E-state index in [-0.39, 0.29) is 18.0 Å². The maximum atomic E-state index is 12.1. The molecular formula is C16H22N2O. The third-order valence-corrected chi connectivity index (χ3v) is 4.35. The highest BCUT2D eigenvalue weighted by Crippen LogP contribution is 2.33. The Morgan fingerprint density at radius 3 is 2.89 bits per heavy atom. The molecule has 3 N–H and O–H groups in total. The molecule has 0 radical (unpaired) electrons. The Morgan fingerprint density at radius 2 is 2.11 bits per heavy atom. The zero-order valence-corrected chi connectivity index (χ0v) is 11.3. The fraction of sp³-hybridized carbons (Fsp3) is 0.562. The maximum Gasteiger partial charge on any atom is 0.222 e. The Labute approximate surface area is 114 Å². The van der Waals surface area contributed by atoms with Crippen molar-refractivity contribution in [3.8, 4) is 0 Å². The van der Waals surface area contributed by atoms with Crippen LogP contribution >= 0.6 is 0 Å². The highest BCUT2D eigenvalue weighted by Gasteiger charge is 2.30. The smallest absolute Gasteiger partial charge is 0.222 e. The van der Waals surface area contributed by atoms with Gasteiger partial charge in [-0.1, -0.05) is 24.3 Å². The van der Waals surface area contributed by atoms with E-state index in [1.807, 2.05) is 0 Å². The third-order valence-electron chi connectivity index (χ3n) is 4.35. The van der Waals surface area contributed by atoms with E-state index in [0.717, 1.165) is 19.3 Å². The number of benzene rings is 1.